The third-order valence-corrected chi connectivity index (χ3v) is 11.3. The van der Waals surface area contributed by atoms with E-state index in [1.165, 1.54) is 19.3 Å². The van der Waals surface area contributed by atoms with E-state index in [-0.39, 0.29) is 37.9 Å². The highest BCUT2D eigenvalue weighted by Gasteiger charge is 2.41. The first kappa shape index (κ1) is 55.3. The molecule has 1 rings (SSSR count). The van der Waals surface area contributed by atoms with Crippen LogP contribution in [0.15, 0.2) is 36.5 Å². The highest BCUT2D eigenvalue weighted by atomic mass is 31.2. The van der Waals surface area contributed by atoms with Gasteiger partial charge in [-0.3, -0.25) is 28.2 Å². The second-order valence-electron chi connectivity index (χ2n) is 15.8. The number of carboxylic acids is 1. The Labute approximate surface area is 357 Å². The predicted octanol–water partition coefficient (Wildman–Crippen LogP) is 7.18. The second-order valence-corrected chi connectivity index (χ2v) is 17.2. The van der Waals surface area contributed by atoms with Crippen molar-refractivity contribution in [2.45, 2.75) is 186 Å². The molecule has 7 N–H and O–H groups in total. The van der Waals surface area contributed by atoms with E-state index in [0.717, 1.165) is 64.2 Å². The molecular weight excluding hydrogens is 797 g/mol. The number of phosphoric ester groups is 1. The van der Waals surface area contributed by atoms with Gasteiger partial charge in [-0.2, -0.15) is 0 Å². The summed E-state index contributed by atoms with van der Waals surface area (Å²) in [6, 6.07) is -1.58. The molecule has 0 aromatic rings. The summed E-state index contributed by atoms with van der Waals surface area (Å²) in [5, 5.41) is 40.2. The lowest BCUT2D eigenvalue weighted by Crippen LogP contribution is -2.34. The standard InChI is InChI=1S/C44H76NO14P/c1-3-5-7-8-9-10-11-12-13-14-15-16-17-18-20-26-43(51)59-36(32-57-60(54,55)58-33-39(45)44(52)53)31-56-42(50)25-22-21-24-35(47)29-38-37(40(48)30-41(38)49)28-27-34(46)23-19-6-4-2/h9-10,12-13,27-28,34,36-41,46,48-49H,3-8,11,14-26,29-33,45H2,1-2H3,(H,52,53)(H,54,55)/b10-9-,13-12-,28-27+/t34-,36+,37+,38+,39-,40+,41-/m0/s1. The van der Waals surface area contributed by atoms with E-state index in [2.05, 4.69) is 42.7 Å². The second kappa shape index (κ2) is 33.8. The average molecular weight is 874 g/mol. The van der Waals surface area contributed by atoms with Gasteiger partial charge in [-0.15, -0.1) is 0 Å². The van der Waals surface area contributed by atoms with Crippen LogP contribution in [0.2, 0.25) is 0 Å². The highest BCUT2D eigenvalue weighted by molar-refractivity contribution is 7.47. The van der Waals surface area contributed by atoms with Crippen molar-refractivity contribution in [3.63, 3.8) is 0 Å². The van der Waals surface area contributed by atoms with Crippen LogP contribution in [-0.2, 0) is 42.3 Å². The molecule has 15 nitrogen and oxygen atoms in total. The minimum atomic E-state index is -4.81. The summed E-state index contributed by atoms with van der Waals surface area (Å²) in [5.41, 5.74) is 5.32. The van der Waals surface area contributed by atoms with Crippen molar-refractivity contribution in [2.24, 2.45) is 17.6 Å². The molecule has 0 spiro atoms. The van der Waals surface area contributed by atoms with Gasteiger partial charge in [0, 0.05) is 43.9 Å². The number of phosphoric acid groups is 1. The summed E-state index contributed by atoms with van der Waals surface area (Å²) in [6.45, 7) is 2.26. The Bertz CT molecular complexity index is 1340. The Morgan fingerprint density at radius 3 is 2.02 bits per heavy atom. The Morgan fingerprint density at radius 1 is 0.750 bits per heavy atom. The Morgan fingerprint density at radius 2 is 1.33 bits per heavy atom. The molecule has 1 aliphatic rings. The van der Waals surface area contributed by atoms with Gasteiger partial charge in [-0.25, -0.2) is 4.57 Å². The number of ketones is 1. The lowest BCUT2D eigenvalue weighted by Gasteiger charge is -2.20. The Balaban J connectivity index is 2.53. The number of allylic oxidation sites excluding steroid dienone is 4. The van der Waals surface area contributed by atoms with Crippen molar-refractivity contribution in [1.29, 1.82) is 0 Å². The molecule has 0 aromatic carbocycles. The number of nitrogens with two attached hydrogens (primary N) is 1. The van der Waals surface area contributed by atoms with Gasteiger partial charge in [0.15, 0.2) is 6.10 Å². The van der Waals surface area contributed by atoms with E-state index in [9.17, 15) is 44.0 Å². The quantitative estimate of drug-likeness (QED) is 0.0157. The number of Topliss-reactive ketones (excluding diaryl/α,β-unsaturated/α-hetero) is 1. The molecule has 0 amide bonds. The van der Waals surface area contributed by atoms with Crippen LogP contribution < -0.4 is 5.73 Å². The van der Waals surface area contributed by atoms with Crippen molar-refractivity contribution in [3.05, 3.63) is 36.5 Å². The molecule has 16 heteroatoms. The van der Waals surface area contributed by atoms with Gasteiger partial charge in [0.05, 0.1) is 31.5 Å². The first-order chi connectivity index (χ1) is 28.7. The maximum Gasteiger partial charge on any atom is 0.472 e. The molecule has 8 atom stereocenters. The van der Waals surface area contributed by atoms with Gasteiger partial charge in [0.1, 0.15) is 18.4 Å². The topological polar surface area (TPSA) is 249 Å². The fourth-order valence-electron chi connectivity index (χ4n) is 6.74. The summed E-state index contributed by atoms with van der Waals surface area (Å²) in [4.78, 5) is 59.0. The highest BCUT2D eigenvalue weighted by Crippen LogP contribution is 2.43. The zero-order chi connectivity index (χ0) is 44.6. The van der Waals surface area contributed by atoms with E-state index in [1.807, 2.05) is 0 Å². The van der Waals surface area contributed by atoms with Crippen LogP contribution in [0.25, 0.3) is 0 Å². The number of aliphatic hydroxyl groups is 3. The van der Waals surface area contributed by atoms with Crippen LogP contribution in [0.5, 0.6) is 0 Å². The van der Waals surface area contributed by atoms with Crippen LogP contribution >= 0.6 is 7.82 Å². The Kier molecular flexibility index (Phi) is 31.2. The fourth-order valence-corrected chi connectivity index (χ4v) is 7.52. The van der Waals surface area contributed by atoms with E-state index in [0.29, 0.717) is 25.7 Å². The molecule has 0 bridgehead atoms. The van der Waals surface area contributed by atoms with Gasteiger partial charge >= 0.3 is 25.7 Å². The third-order valence-electron chi connectivity index (χ3n) is 10.3. The summed E-state index contributed by atoms with van der Waals surface area (Å²) >= 11 is 0. The predicted molar refractivity (Wildman–Crippen MR) is 229 cm³/mol. The number of rotatable bonds is 37. The smallest absolute Gasteiger partial charge is 0.472 e. The molecule has 1 unspecified atom stereocenters. The van der Waals surface area contributed by atoms with E-state index < -0.39 is 87.8 Å². The monoisotopic (exact) mass is 874 g/mol. The van der Waals surface area contributed by atoms with E-state index >= 15 is 0 Å². The summed E-state index contributed by atoms with van der Waals surface area (Å²) in [5.74, 6) is -3.81. The molecule has 0 aliphatic heterocycles. The van der Waals surface area contributed by atoms with Crippen molar-refractivity contribution in [1.82, 2.24) is 0 Å². The maximum atomic E-state index is 12.8. The normalized spacial score (nSPS) is 20.7. The Hall–Kier alpha value is -2.75. The summed E-state index contributed by atoms with van der Waals surface area (Å²) in [7, 11) is -4.81. The average Bonchev–Trinajstić information content (AvgIpc) is 3.47. The van der Waals surface area contributed by atoms with Crippen LogP contribution in [0.3, 0.4) is 0 Å². The number of esters is 2. The van der Waals surface area contributed by atoms with Crippen molar-refractivity contribution in [3.8, 4) is 0 Å². The lowest BCUT2D eigenvalue weighted by atomic mass is 9.87. The van der Waals surface area contributed by atoms with Gasteiger partial charge in [0.2, 0.25) is 0 Å². The molecular formula is C44H76NO14P. The van der Waals surface area contributed by atoms with Gasteiger partial charge in [-0.05, 0) is 57.8 Å². The molecule has 0 radical (unpaired) electrons. The first-order valence-electron chi connectivity index (χ1n) is 22.2. The zero-order valence-corrected chi connectivity index (χ0v) is 37.0. The number of carbonyl (C=O) groups is 4. The number of carboxylic acid groups (broad SMARTS) is 1. The molecule has 0 aromatic heterocycles. The van der Waals surface area contributed by atoms with Crippen LogP contribution in [0.4, 0.5) is 0 Å². The molecule has 0 heterocycles. The van der Waals surface area contributed by atoms with Crippen LogP contribution in [0.1, 0.15) is 155 Å². The molecule has 1 fully saturated rings. The van der Waals surface area contributed by atoms with Crippen LogP contribution in [-0.4, -0.2) is 99.3 Å². The third kappa shape index (κ3) is 28.0. The number of carbonyl (C=O) groups excluding carboxylic acids is 3. The van der Waals surface area contributed by atoms with E-state index in [4.69, 9.17) is 24.8 Å². The van der Waals surface area contributed by atoms with Crippen molar-refractivity contribution in [2.75, 3.05) is 19.8 Å². The van der Waals surface area contributed by atoms with Crippen LogP contribution in [0, 0.1) is 11.8 Å². The molecule has 60 heavy (non-hydrogen) atoms. The maximum absolute atomic E-state index is 12.8. The fraction of sp³-hybridized carbons (Fsp3) is 0.773. The van der Waals surface area contributed by atoms with Gasteiger partial charge < -0.3 is 40.5 Å². The number of hydrogen-bond donors (Lipinski definition) is 6. The summed E-state index contributed by atoms with van der Waals surface area (Å²) in [6.07, 6.45) is 24.2. The molecule has 1 saturated carbocycles. The largest absolute Gasteiger partial charge is 0.480 e. The number of ether oxygens (including phenoxy) is 2. The summed E-state index contributed by atoms with van der Waals surface area (Å²) < 4.78 is 32.6. The molecule has 1 aliphatic carbocycles. The molecule has 0 saturated heterocycles. The van der Waals surface area contributed by atoms with Gasteiger partial charge in [0.25, 0.3) is 0 Å². The number of unbranched alkanes of at least 4 members (excludes halogenated alkanes) is 11. The number of aliphatic carboxylic acids is 1. The van der Waals surface area contributed by atoms with Gasteiger partial charge in [-0.1, -0.05) is 102 Å². The number of hydrogen-bond acceptors (Lipinski definition) is 13. The van der Waals surface area contributed by atoms with E-state index in [1.54, 1.807) is 12.2 Å². The van der Waals surface area contributed by atoms with Crippen molar-refractivity contribution < 1.29 is 67.6 Å². The first-order valence-corrected chi connectivity index (χ1v) is 23.7. The molecule has 346 valence electrons. The lowest BCUT2D eigenvalue weighted by molar-refractivity contribution is -0.161. The number of aliphatic hydroxyl groups excluding tert-OH is 3. The minimum absolute atomic E-state index is 0.0481. The van der Waals surface area contributed by atoms with Crippen molar-refractivity contribution >= 4 is 31.5 Å². The SMILES string of the molecule is CCCCC/C=C\C/C=C\CCCCCCCC(=O)O[C@H](COC(=O)CCCCC(=O)C[C@@H]1[C@@H](/C=C/[C@@H](O)CCCCC)[C@H](O)C[C@@H]1O)COP(=O)(O)OC[C@H](N)C(=O)O. The zero-order valence-electron chi connectivity index (χ0n) is 36.1. The minimum Gasteiger partial charge on any atom is -0.480 e.